The summed E-state index contributed by atoms with van der Waals surface area (Å²) in [5, 5.41) is 2.24. The number of fused-ring (bicyclic) bond motifs is 6. The van der Waals surface area contributed by atoms with E-state index in [1.54, 1.807) is 4.57 Å². The molecule has 0 aliphatic carbocycles. The van der Waals surface area contributed by atoms with Crippen LogP contribution in [0.15, 0.2) is 194 Å². The molecule has 0 saturated carbocycles. The number of hydrogen-bond acceptors (Lipinski definition) is 2. The van der Waals surface area contributed by atoms with Crippen LogP contribution in [-0.4, -0.2) is 19.1 Å². The van der Waals surface area contributed by atoms with E-state index in [4.69, 9.17) is 9.97 Å². The largest absolute Gasteiger partial charge is 0.416 e. The van der Waals surface area contributed by atoms with Crippen LogP contribution >= 0.6 is 0 Å². The summed E-state index contributed by atoms with van der Waals surface area (Å²) >= 11 is 0. The van der Waals surface area contributed by atoms with Gasteiger partial charge in [0.05, 0.1) is 50.3 Å². The highest BCUT2D eigenvalue weighted by atomic mass is 19.4. The Morgan fingerprint density at radius 3 is 1.36 bits per heavy atom. The number of nitrogens with zero attached hydrogens (tertiary/aromatic N) is 4. The minimum Gasteiger partial charge on any atom is -0.309 e. The molecular weight excluding hydrogens is 819 g/mol. The van der Waals surface area contributed by atoms with Gasteiger partial charge in [0.25, 0.3) is 0 Å². The summed E-state index contributed by atoms with van der Waals surface area (Å²) in [6.45, 7) is 0. The van der Waals surface area contributed by atoms with Crippen LogP contribution in [-0.2, 0) is 12.4 Å². The number of benzene rings is 8. The molecule has 0 aliphatic heterocycles. The summed E-state index contributed by atoms with van der Waals surface area (Å²) in [4.78, 5) is 10.2. The molecule has 0 atom stereocenters. The predicted octanol–water partition coefficient (Wildman–Crippen LogP) is 15.4. The van der Waals surface area contributed by atoms with Gasteiger partial charge in [0, 0.05) is 49.5 Å². The van der Waals surface area contributed by atoms with Gasteiger partial charge in [-0.2, -0.15) is 26.3 Å². The van der Waals surface area contributed by atoms with Crippen molar-refractivity contribution >= 4 is 43.6 Å². The van der Waals surface area contributed by atoms with E-state index in [0.29, 0.717) is 45.1 Å². The summed E-state index contributed by atoms with van der Waals surface area (Å²) in [6.07, 6.45) is -9.45. The number of rotatable bonds is 6. The van der Waals surface area contributed by atoms with Crippen LogP contribution in [0.4, 0.5) is 26.3 Å². The molecule has 10 heteroatoms. The standard InChI is InChI=1S/C54H32F6N4/c55-53(56,57)37-23-26-50-43(30-37)44-31-38(54(58,59)60)24-27-51(44)64(50)49-25-22-36(52-61-45(33-12-3-1-4-13-33)32-46(62-52)34-14-5-2-6-15-34)29-42(49)35-16-11-17-39(28-35)63-47-20-9-7-18-40(47)41-19-8-10-21-48(41)63/h1-32H. The summed E-state index contributed by atoms with van der Waals surface area (Å²) in [5.41, 5.74) is 7.29. The molecule has 310 valence electrons. The Morgan fingerprint density at radius 2 is 0.828 bits per heavy atom. The van der Waals surface area contributed by atoms with E-state index < -0.39 is 23.5 Å². The third kappa shape index (κ3) is 6.66. The lowest BCUT2D eigenvalue weighted by Crippen LogP contribution is -2.04. The number of alkyl halides is 6. The van der Waals surface area contributed by atoms with Crippen LogP contribution in [0.3, 0.4) is 0 Å². The first-order valence-electron chi connectivity index (χ1n) is 20.5. The molecule has 4 nitrogen and oxygen atoms in total. The van der Waals surface area contributed by atoms with E-state index in [0.717, 1.165) is 68.4 Å². The first kappa shape index (κ1) is 38.9. The maximum absolute atomic E-state index is 14.2. The minimum absolute atomic E-state index is 0.0383. The van der Waals surface area contributed by atoms with Gasteiger partial charge in [0.2, 0.25) is 0 Å². The van der Waals surface area contributed by atoms with Crippen molar-refractivity contribution in [3.8, 4) is 56.4 Å². The molecule has 0 saturated heterocycles. The van der Waals surface area contributed by atoms with Gasteiger partial charge in [-0.1, -0.05) is 109 Å². The third-order valence-corrected chi connectivity index (χ3v) is 11.8. The topological polar surface area (TPSA) is 35.6 Å². The maximum atomic E-state index is 14.2. The zero-order chi connectivity index (χ0) is 43.7. The molecule has 11 aromatic rings. The number of aromatic nitrogens is 4. The van der Waals surface area contributed by atoms with Crippen molar-refractivity contribution in [3.05, 3.63) is 205 Å². The fourth-order valence-electron chi connectivity index (χ4n) is 8.84. The Balaban J connectivity index is 1.20. The van der Waals surface area contributed by atoms with Gasteiger partial charge in [0.15, 0.2) is 5.82 Å². The quantitative estimate of drug-likeness (QED) is 0.156. The molecule has 0 radical (unpaired) electrons. The van der Waals surface area contributed by atoms with Crippen LogP contribution in [0.5, 0.6) is 0 Å². The van der Waals surface area contributed by atoms with Crippen molar-refractivity contribution in [2.45, 2.75) is 12.4 Å². The summed E-state index contributed by atoms with van der Waals surface area (Å²) < 4.78 is 89.3. The Labute approximate surface area is 362 Å². The van der Waals surface area contributed by atoms with Gasteiger partial charge in [0.1, 0.15) is 0 Å². The molecule has 0 spiro atoms. The fourth-order valence-corrected chi connectivity index (χ4v) is 8.84. The number of halogens is 6. The van der Waals surface area contributed by atoms with E-state index in [2.05, 4.69) is 34.9 Å². The Morgan fingerprint density at radius 1 is 0.344 bits per heavy atom. The summed E-state index contributed by atoms with van der Waals surface area (Å²) in [7, 11) is 0. The van der Waals surface area contributed by atoms with Crippen molar-refractivity contribution in [1.29, 1.82) is 0 Å². The van der Waals surface area contributed by atoms with Gasteiger partial charge in [-0.15, -0.1) is 0 Å². The average Bonchev–Trinajstić information content (AvgIpc) is 3.83. The first-order valence-corrected chi connectivity index (χ1v) is 20.5. The predicted molar refractivity (Wildman–Crippen MR) is 242 cm³/mol. The minimum atomic E-state index is -4.73. The zero-order valence-corrected chi connectivity index (χ0v) is 33.5. The SMILES string of the molecule is FC(F)(F)c1ccc2c(c1)c1cc(C(F)(F)F)ccc1n2-c1ccc(-c2nc(-c3ccccc3)cc(-c3ccccc3)n2)cc1-c1cccc(-n2c3ccccc3c3ccccc32)c1. The van der Waals surface area contributed by atoms with Gasteiger partial charge < -0.3 is 9.13 Å². The fraction of sp³-hybridized carbons (Fsp3) is 0.0370. The van der Waals surface area contributed by atoms with E-state index in [9.17, 15) is 26.3 Å². The van der Waals surface area contributed by atoms with Crippen molar-refractivity contribution in [3.63, 3.8) is 0 Å². The maximum Gasteiger partial charge on any atom is 0.416 e. The Bertz CT molecular complexity index is 3400. The molecule has 11 rings (SSSR count). The molecule has 0 fully saturated rings. The van der Waals surface area contributed by atoms with Crippen molar-refractivity contribution in [2.75, 3.05) is 0 Å². The molecule has 0 aliphatic rings. The first-order chi connectivity index (χ1) is 31.0. The normalized spacial score (nSPS) is 12.2. The molecule has 64 heavy (non-hydrogen) atoms. The van der Waals surface area contributed by atoms with E-state index in [-0.39, 0.29) is 10.8 Å². The van der Waals surface area contributed by atoms with Gasteiger partial charge >= 0.3 is 12.4 Å². The average molecular weight is 851 g/mol. The Kier molecular flexibility index (Phi) is 9.02. The zero-order valence-electron chi connectivity index (χ0n) is 33.5. The Hall–Kier alpha value is -7.98. The van der Waals surface area contributed by atoms with Crippen molar-refractivity contribution in [1.82, 2.24) is 19.1 Å². The summed E-state index contributed by atoms with van der Waals surface area (Å²) in [6, 6.07) is 57.9. The molecule has 8 aromatic carbocycles. The lowest BCUT2D eigenvalue weighted by molar-refractivity contribution is -0.138. The second-order valence-electron chi connectivity index (χ2n) is 15.6. The van der Waals surface area contributed by atoms with Crippen LogP contribution < -0.4 is 0 Å². The molecule has 3 aromatic heterocycles. The number of hydrogen-bond donors (Lipinski definition) is 0. The second-order valence-corrected chi connectivity index (χ2v) is 15.6. The molecule has 0 unspecified atom stereocenters. The third-order valence-electron chi connectivity index (χ3n) is 11.8. The highest BCUT2D eigenvalue weighted by molar-refractivity contribution is 6.11. The van der Waals surface area contributed by atoms with Crippen LogP contribution in [0.25, 0.3) is 100 Å². The second kappa shape index (κ2) is 14.8. The monoisotopic (exact) mass is 850 g/mol. The highest BCUT2D eigenvalue weighted by Gasteiger charge is 2.33. The smallest absolute Gasteiger partial charge is 0.309 e. The molecule has 0 N–H and O–H groups in total. The van der Waals surface area contributed by atoms with E-state index >= 15 is 0 Å². The number of para-hydroxylation sites is 2. The molecule has 0 amide bonds. The summed E-state index contributed by atoms with van der Waals surface area (Å²) in [5.74, 6) is 0.429. The lowest BCUT2D eigenvalue weighted by atomic mass is 9.99. The van der Waals surface area contributed by atoms with Crippen molar-refractivity contribution < 1.29 is 26.3 Å². The van der Waals surface area contributed by atoms with Gasteiger partial charge in [-0.25, -0.2) is 9.97 Å². The van der Waals surface area contributed by atoms with Crippen molar-refractivity contribution in [2.24, 2.45) is 0 Å². The van der Waals surface area contributed by atoms with E-state index in [1.807, 2.05) is 127 Å². The van der Waals surface area contributed by atoms with Crippen LogP contribution in [0.1, 0.15) is 11.1 Å². The van der Waals surface area contributed by atoms with E-state index in [1.165, 1.54) is 12.1 Å². The van der Waals surface area contributed by atoms with Crippen LogP contribution in [0.2, 0.25) is 0 Å². The highest BCUT2D eigenvalue weighted by Crippen LogP contribution is 2.43. The molecule has 0 bridgehead atoms. The molecule has 3 heterocycles. The van der Waals surface area contributed by atoms with Gasteiger partial charge in [-0.3, -0.25) is 0 Å². The lowest BCUT2D eigenvalue weighted by Gasteiger charge is -2.18. The van der Waals surface area contributed by atoms with Gasteiger partial charge in [-0.05, 0) is 90.5 Å². The van der Waals surface area contributed by atoms with Crippen LogP contribution in [0, 0.1) is 0 Å². The molecular formula is C54H32F6N4.